The van der Waals surface area contributed by atoms with E-state index >= 15 is 0 Å². The van der Waals surface area contributed by atoms with Crippen molar-refractivity contribution in [2.45, 2.75) is 64.3 Å². The average Bonchev–Trinajstić information content (AvgIpc) is 3.42. The normalized spacial score (nSPS) is 26.8. The number of aldehydes is 1. The van der Waals surface area contributed by atoms with E-state index in [0.29, 0.717) is 18.1 Å². The standard InChI is InChI=1S/C27H32ClNO4S/c1-18-11-20(28)14-21(12-18)32-17-25-24(6-4-5-22-8-9-23(16-30)34-22)19(15-29)13-26(25)33-27-7-2-3-10-31-27/h8-9,11-12,14,16,19,24-27H,2-7,10,13,17H2,1H3/t19-,24-,25+,26+,27?/m0/s1. The van der Waals surface area contributed by atoms with Crippen molar-refractivity contribution < 1.29 is 19.0 Å². The highest BCUT2D eigenvalue weighted by molar-refractivity contribution is 7.13. The minimum absolute atomic E-state index is 0.0681. The maximum atomic E-state index is 11.0. The van der Waals surface area contributed by atoms with Crippen LogP contribution in [-0.2, 0) is 15.9 Å². The Bertz CT molecular complexity index is 977. The number of benzene rings is 1. The number of nitrogens with zero attached hydrogens (tertiary/aromatic N) is 1. The molecule has 0 radical (unpaired) electrons. The van der Waals surface area contributed by atoms with Crippen LogP contribution in [0.3, 0.4) is 0 Å². The fourth-order valence-corrected chi connectivity index (χ4v) is 6.37. The molecule has 1 saturated heterocycles. The monoisotopic (exact) mass is 501 g/mol. The zero-order valence-electron chi connectivity index (χ0n) is 19.6. The molecule has 5 nitrogen and oxygen atoms in total. The first kappa shape index (κ1) is 25.2. The van der Waals surface area contributed by atoms with Crippen LogP contribution in [0.1, 0.15) is 58.6 Å². The van der Waals surface area contributed by atoms with Gasteiger partial charge in [0.1, 0.15) is 5.75 Å². The molecule has 2 aliphatic rings. The molecule has 1 unspecified atom stereocenters. The van der Waals surface area contributed by atoms with Crippen molar-refractivity contribution in [1.29, 1.82) is 5.26 Å². The Balaban J connectivity index is 1.45. The molecule has 1 aliphatic carbocycles. The first-order valence-electron chi connectivity index (χ1n) is 12.2. The maximum absolute atomic E-state index is 11.0. The fourth-order valence-electron chi connectivity index (χ4n) is 5.22. The summed E-state index contributed by atoms with van der Waals surface area (Å²) < 4.78 is 18.5. The molecule has 0 amide bonds. The zero-order valence-corrected chi connectivity index (χ0v) is 21.2. The zero-order chi connectivity index (χ0) is 23.9. The van der Waals surface area contributed by atoms with Gasteiger partial charge < -0.3 is 14.2 Å². The Morgan fingerprint density at radius 3 is 2.85 bits per heavy atom. The summed E-state index contributed by atoms with van der Waals surface area (Å²) in [6.45, 7) is 3.21. The minimum atomic E-state index is -0.194. The fraction of sp³-hybridized carbons (Fsp3) is 0.556. The van der Waals surface area contributed by atoms with Crippen LogP contribution < -0.4 is 4.74 Å². The number of rotatable bonds is 10. The molecule has 1 aromatic carbocycles. The number of hydrogen-bond donors (Lipinski definition) is 0. The van der Waals surface area contributed by atoms with Gasteiger partial charge in [0, 0.05) is 22.4 Å². The molecule has 34 heavy (non-hydrogen) atoms. The number of aryl methyl sites for hydroxylation is 2. The van der Waals surface area contributed by atoms with E-state index in [-0.39, 0.29) is 30.1 Å². The van der Waals surface area contributed by atoms with Gasteiger partial charge in [-0.1, -0.05) is 11.6 Å². The highest BCUT2D eigenvalue weighted by Gasteiger charge is 2.45. The molecular weight excluding hydrogens is 470 g/mol. The van der Waals surface area contributed by atoms with Gasteiger partial charge in [-0.3, -0.25) is 4.79 Å². The predicted octanol–water partition coefficient (Wildman–Crippen LogP) is 6.61. The second kappa shape index (κ2) is 12.2. The van der Waals surface area contributed by atoms with Gasteiger partial charge >= 0.3 is 0 Å². The summed E-state index contributed by atoms with van der Waals surface area (Å²) in [6, 6.07) is 12.2. The smallest absolute Gasteiger partial charge is 0.160 e. The van der Waals surface area contributed by atoms with Gasteiger partial charge in [-0.15, -0.1) is 11.3 Å². The van der Waals surface area contributed by atoms with E-state index < -0.39 is 0 Å². The first-order chi connectivity index (χ1) is 16.6. The second-order valence-electron chi connectivity index (χ2n) is 9.36. The van der Waals surface area contributed by atoms with Crippen molar-refractivity contribution in [3.05, 3.63) is 50.7 Å². The van der Waals surface area contributed by atoms with Crippen LogP contribution in [0.4, 0.5) is 0 Å². The van der Waals surface area contributed by atoms with E-state index in [1.807, 2.05) is 37.3 Å². The highest BCUT2D eigenvalue weighted by Crippen LogP contribution is 2.43. The van der Waals surface area contributed by atoms with Gasteiger partial charge in [0.25, 0.3) is 0 Å². The lowest BCUT2D eigenvalue weighted by atomic mass is 9.85. The molecule has 2 fully saturated rings. The summed E-state index contributed by atoms with van der Waals surface area (Å²) in [6.07, 6.45) is 7.21. The van der Waals surface area contributed by atoms with Crippen LogP contribution in [0.5, 0.6) is 5.75 Å². The van der Waals surface area contributed by atoms with E-state index in [0.717, 1.165) is 67.6 Å². The Hall–Kier alpha value is -1.91. The third kappa shape index (κ3) is 6.60. The van der Waals surface area contributed by atoms with Crippen molar-refractivity contribution in [1.82, 2.24) is 0 Å². The summed E-state index contributed by atoms with van der Waals surface area (Å²) in [5.41, 5.74) is 1.05. The largest absolute Gasteiger partial charge is 0.493 e. The molecule has 0 spiro atoms. The third-order valence-electron chi connectivity index (χ3n) is 6.88. The van der Waals surface area contributed by atoms with Gasteiger partial charge in [-0.05, 0) is 93.7 Å². The van der Waals surface area contributed by atoms with Crippen molar-refractivity contribution in [2.24, 2.45) is 17.8 Å². The van der Waals surface area contributed by atoms with E-state index in [4.69, 9.17) is 25.8 Å². The van der Waals surface area contributed by atoms with Gasteiger partial charge in [0.2, 0.25) is 0 Å². The lowest BCUT2D eigenvalue weighted by Gasteiger charge is -2.30. The minimum Gasteiger partial charge on any atom is -0.493 e. The molecule has 1 saturated carbocycles. The summed E-state index contributed by atoms with van der Waals surface area (Å²) in [5.74, 6) is 0.960. The van der Waals surface area contributed by atoms with Crippen LogP contribution >= 0.6 is 22.9 Å². The molecule has 7 heteroatoms. The number of hydrogen-bond acceptors (Lipinski definition) is 6. The van der Waals surface area contributed by atoms with E-state index in [1.165, 1.54) is 4.88 Å². The molecule has 4 rings (SSSR count). The predicted molar refractivity (Wildman–Crippen MR) is 133 cm³/mol. The van der Waals surface area contributed by atoms with E-state index in [9.17, 15) is 10.1 Å². The average molecular weight is 502 g/mol. The number of ether oxygens (including phenoxy) is 3. The third-order valence-corrected chi connectivity index (χ3v) is 8.17. The molecule has 0 N–H and O–H groups in total. The van der Waals surface area contributed by atoms with Crippen molar-refractivity contribution >= 4 is 29.2 Å². The summed E-state index contributed by atoms with van der Waals surface area (Å²) >= 11 is 7.78. The quantitative estimate of drug-likeness (QED) is 0.342. The van der Waals surface area contributed by atoms with Gasteiger partial charge in [0.15, 0.2) is 12.6 Å². The number of halogens is 1. The Kier molecular flexibility index (Phi) is 9.02. The first-order valence-corrected chi connectivity index (χ1v) is 13.4. The Labute approximate surface area is 211 Å². The van der Waals surface area contributed by atoms with Gasteiger partial charge in [0.05, 0.1) is 29.6 Å². The molecule has 182 valence electrons. The second-order valence-corrected chi connectivity index (χ2v) is 11.0. The number of nitriles is 1. The van der Waals surface area contributed by atoms with Crippen LogP contribution in [0.2, 0.25) is 5.02 Å². The highest BCUT2D eigenvalue weighted by atomic mass is 35.5. The van der Waals surface area contributed by atoms with Crippen LogP contribution in [0.15, 0.2) is 30.3 Å². The van der Waals surface area contributed by atoms with Gasteiger partial charge in [-0.2, -0.15) is 5.26 Å². The van der Waals surface area contributed by atoms with Crippen LogP contribution in [0, 0.1) is 36.0 Å². The van der Waals surface area contributed by atoms with E-state index in [1.54, 1.807) is 11.3 Å². The Morgan fingerprint density at radius 1 is 1.26 bits per heavy atom. The molecule has 1 aliphatic heterocycles. The molecule has 2 aromatic rings. The Morgan fingerprint density at radius 2 is 2.15 bits per heavy atom. The number of thiophene rings is 1. The summed E-state index contributed by atoms with van der Waals surface area (Å²) in [4.78, 5) is 13.0. The number of carbonyl (C=O) groups is 1. The van der Waals surface area contributed by atoms with Crippen molar-refractivity contribution in [3.8, 4) is 11.8 Å². The molecule has 1 aromatic heterocycles. The lowest BCUT2D eigenvalue weighted by molar-refractivity contribution is -0.197. The van der Waals surface area contributed by atoms with Gasteiger partial charge in [-0.25, -0.2) is 0 Å². The molecular formula is C27H32ClNO4S. The SMILES string of the molecule is Cc1cc(Cl)cc(OC[C@@H]2[C@@H](CCCc3ccc(C=O)s3)[C@H](C#N)C[C@H]2OC2CCCCO2)c1. The summed E-state index contributed by atoms with van der Waals surface area (Å²) in [7, 11) is 0. The summed E-state index contributed by atoms with van der Waals surface area (Å²) in [5, 5.41) is 10.6. The molecule has 0 bridgehead atoms. The van der Waals surface area contributed by atoms with Crippen LogP contribution in [0.25, 0.3) is 0 Å². The van der Waals surface area contributed by atoms with Crippen LogP contribution in [-0.4, -0.2) is 31.9 Å². The maximum Gasteiger partial charge on any atom is 0.160 e. The molecule has 5 atom stereocenters. The topological polar surface area (TPSA) is 68.6 Å². The van der Waals surface area contributed by atoms with E-state index in [2.05, 4.69) is 6.07 Å². The van der Waals surface area contributed by atoms with Crippen molar-refractivity contribution in [2.75, 3.05) is 13.2 Å². The van der Waals surface area contributed by atoms with Crippen molar-refractivity contribution in [3.63, 3.8) is 0 Å². The lowest BCUT2D eigenvalue weighted by Crippen LogP contribution is -2.34. The number of carbonyl (C=O) groups excluding carboxylic acids is 1. The molecule has 2 heterocycles.